The number of amides is 1. The smallest absolute Gasteiger partial charge is 0.257 e. The first-order valence-electron chi connectivity index (χ1n) is 8.25. The van der Waals surface area contributed by atoms with Crippen molar-refractivity contribution in [1.82, 2.24) is 14.7 Å². The first-order valence-corrected chi connectivity index (χ1v) is 8.25. The first-order chi connectivity index (χ1) is 11.1. The third-order valence-electron chi connectivity index (χ3n) is 4.82. The van der Waals surface area contributed by atoms with Crippen LogP contribution in [-0.4, -0.2) is 33.7 Å². The SMILES string of the molecule is Cc1c(C(=O)N(C)C2CCCCC2)cnn1-c1ccc(N)cc1. The van der Waals surface area contributed by atoms with E-state index in [0.717, 1.165) is 24.2 Å². The van der Waals surface area contributed by atoms with E-state index in [4.69, 9.17) is 5.73 Å². The molecule has 0 radical (unpaired) electrons. The molecule has 0 aliphatic heterocycles. The van der Waals surface area contributed by atoms with Crippen LogP contribution in [0.2, 0.25) is 0 Å². The molecule has 0 saturated heterocycles. The minimum absolute atomic E-state index is 0.0658. The van der Waals surface area contributed by atoms with Crippen molar-refractivity contribution in [3.63, 3.8) is 0 Å². The fourth-order valence-corrected chi connectivity index (χ4v) is 3.32. The fourth-order valence-electron chi connectivity index (χ4n) is 3.32. The maximum absolute atomic E-state index is 12.8. The average Bonchev–Trinajstić information content (AvgIpc) is 2.96. The molecule has 23 heavy (non-hydrogen) atoms. The summed E-state index contributed by atoms with van der Waals surface area (Å²) in [6, 6.07) is 7.86. The van der Waals surface area contributed by atoms with Crippen molar-refractivity contribution in [1.29, 1.82) is 0 Å². The third-order valence-corrected chi connectivity index (χ3v) is 4.82. The maximum atomic E-state index is 12.8. The van der Waals surface area contributed by atoms with Crippen LogP contribution in [0.3, 0.4) is 0 Å². The zero-order chi connectivity index (χ0) is 16.4. The predicted molar refractivity (Wildman–Crippen MR) is 91.7 cm³/mol. The molecule has 3 rings (SSSR count). The number of aromatic nitrogens is 2. The van der Waals surface area contributed by atoms with Gasteiger partial charge in [-0.2, -0.15) is 5.10 Å². The monoisotopic (exact) mass is 312 g/mol. The molecule has 0 spiro atoms. The summed E-state index contributed by atoms with van der Waals surface area (Å²) in [5, 5.41) is 4.39. The molecule has 1 amide bonds. The molecule has 1 aliphatic rings. The van der Waals surface area contributed by atoms with E-state index >= 15 is 0 Å². The van der Waals surface area contributed by atoms with Gasteiger partial charge in [0.1, 0.15) is 0 Å². The van der Waals surface area contributed by atoms with Crippen molar-refractivity contribution in [3.05, 3.63) is 41.7 Å². The summed E-state index contributed by atoms with van der Waals surface area (Å²) in [5.41, 5.74) is 8.90. The zero-order valence-corrected chi connectivity index (χ0v) is 13.8. The Hall–Kier alpha value is -2.30. The summed E-state index contributed by atoms with van der Waals surface area (Å²) in [6.07, 6.45) is 7.60. The van der Waals surface area contributed by atoms with Crippen molar-refractivity contribution < 1.29 is 4.79 Å². The molecule has 1 fully saturated rings. The molecule has 1 aromatic heterocycles. The van der Waals surface area contributed by atoms with Crippen molar-refractivity contribution in [3.8, 4) is 5.69 Å². The van der Waals surface area contributed by atoms with Gasteiger partial charge < -0.3 is 10.6 Å². The van der Waals surface area contributed by atoms with Crippen LogP contribution in [0.25, 0.3) is 5.69 Å². The Kier molecular flexibility index (Phi) is 4.37. The van der Waals surface area contributed by atoms with Crippen LogP contribution in [0.1, 0.15) is 48.2 Å². The highest BCUT2D eigenvalue weighted by molar-refractivity contribution is 5.95. The molecule has 1 aromatic carbocycles. The highest BCUT2D eigenvalue weighted by Crippen LogP contribution is 2.24. The second-order valence-corrected chi connectivity index (χ2v) is 6.35. The Bertz CT molecular complexity index is 684. The number of hydrogen-bond donors (Lipinski definition) is 1. The van der Waals surface area contributed by atoms with Gasteiger partial charge in [0.2, 0.25) is 0 Å². The lowest BCUT2D eigenvalue weighted by Gasteiger charge is -2.31. The molecule has 2 aromatic rings. The number of carbonyl (C=O) groups is 1. The molecular formula is C18H24N4O. The van der Waals surface area contributed by atoms with Gasteiger partial charge in [0.15, 0.2) is 0 Å². The van der Waals surface area contributed by atoms with Gasteiger partial charge in [-0.1, -0.05) is 19.3 Å². The minimum atomic E-state index is 0.0658. The van der Waals surface area contributed by atoms with E-state index in [2.05, 4.69) is 5.10 Å². The summed E-state index contributed by atoms with van der Waals surface area (Å²) < 4.78 is 1.79. The van der Waals surface area contributed by atoms with E-state index in [9.17, 15) is 4.79 Å². The van der Waals surface area contributed by atoms with E-state index in [1.807, 2.05) is 43.1 Å². The summed E-state index contributed by atoms with van der Waals surface area (Å²) in [6.45, 7) is 1.94. The van der Waals surface area contributed by atoms with Crippen LogP contribution >= 0.6 is 0 Å². The average molecular weight is 312 g/mol. The number of benzene rings is 1. The Morgan fingerprint density at radius 1 is 1.22 bits per heavy atom. The molecule has 0 bridgehead atoms. The quantitative estimate of drug-likeness (QED) is 0.885. The number of nitrogen functional groups attached to an aromatic ring is 1. The lowest BCUT2D eigenvalue weighted by Crippen LogP contribution is -2.38. The largest absolute Gasteiger partial charge is 0.399 e. The second-order valence-electron chi connectivity index (χ2n) is 6.35. The van der Waals surface area contributed by atoms with E-state index < -0.39 is 0 Å². The molecule has 0 unspecified atom stereocenters. The van der Waals surface area contributed by atoms with Crippen molar-refractivity contribution >= 4 is 11.6 Å². The van der Waals surface area contributed by atoms with Gasteiger partial charge in [0.25, 0.3) is 5.91 Å². The molecule has 5 heteroatoms. The topological polar surface area (TPSA) is 64.2 Å². The van der Waals surface area contributed by atoms with Crippen molar-refractivity contribution in [2.45, 2.75) is 45.1 Å². The first kappa shape index (κ1) is 15.6. The molecule has 1 aliphatic carbocycles. The number of nitrogens with two attached hydrogens (primary N) is 1. The molecule has 122 valence electrons. The Labute approximate surface area is 137 Å². The number of rotatable bonds is 3. The van der Waals surface area contributed by atoms with Gasteiger partial charge in [0, 0.05) is 18.8 Å². The number of hydrogen-bond acceptors (Lipinski definition) is 3. The van der Waals surface area contributed by atoms with Gasteiger partial charge in [0.05, 0.1) is 23.1 Å². The van der Waals surface area contributed by atoms with Gasteiger partial charge in [-0.15, -0.1) is 0 Å². The normalized spacial score (nSPS) is 15.6. The lowest BCUT2D eigenvalue weighted by atomic mass is 9.94. The molecular weight excluding hydrogens is 288 g/mol. The number of nitrogens with zero attached hydrogens (tertiary/aromatic N) is 3. The lowest BCUT2D eigenvalue weighted by molar-refractivity contribution is 0.0695. The highest BCUT2D eigenvalue weighted by Gasteiger charge is 2.25. The zero-order valence-electron chi connectivity index (χ0n) is 13.8. The van der Waals surface area contributed by atoms with E-state index in [1.165, 1.54) is 19.3 Å². The third kappa shape index (κ3) is 3.09. The second kappa shape index (κ2) is 6.44. The van der Waals surface area contributed by atoms with Crippen LogP contribution in [0, 0.1) is 6.92 Å². The van der Waals surface area contributed by atoms with E-state index in [-0.39, 0.29) is 5.91 Å². The summed E-state index contributed by atoms with van der Waals surface area (Å²) in [5.74, 6) is 0.0658. The Balaban J connectivity index is 1.83. The highest BCUT2D eigenvalue weighted by atomic mass is 16.2. The maximum Gasteiger partial charge on any atom is 0.257 e. The molecule has 1 saturated carbocycles. The van der Waals surface area contributed by atoms with Gasteiger partial charge >= 0.3 is 0 Å². The number of carbonyl (C=O) groups excluding carboxylic acids is 1. The van der Waals surface area contributed by atoms with E-state index in [0.29, 0.717) is 17.3 Å². The Morgan fingerprint density at radius 2 is 1.87 bits per heavy atom. The van der Waals surface area contributed by atoms with Crippen LogP contribution < -0.4 is 5.73 Å². The van der Waals surface area contributed by atoms with Crippen LogP contribution in [0.15, 0.2) is 30.5 Å². The van der Waals surface area contributed by atoms with Gasteiger partial charge in [-0.25, -0.2) is 4.68 Å². The molecule has 0 atom stereocenters. The molecule has 1 heterocycles. The number of anilines is 1. The summed E-state index contributed by atoms with van der Waals surface area (Å²) in [7, 11) is 1.91. The molecule has 5 nitrogen and oxygen atoms in total. The predicted octanol–water partition coefficient (Wildman–Crippen LogP) is 3.17. The van der Waals surface area contributed by atoms with E-state index in [1.54, 1.807) is 10.9 Å². The van der Waals surface area contributed by atoms with Crippen LogP contribution in [0.5, 0.6) is 0 Å². The Morgan fingerprint density at radius 3 is 2.52 bits per heavy atom. The van der Waals surface area contributed by atoms with Gasteiger partial charge in [-0.05, 0) is 44.0 Å². The van der Waals surface area contributed by atoms with Crippen LogP contribution in [0.4, 0.5) is 5.69 Å². The van der Waals surface area contributed by atoms with Crippen molar-refractivity contribution in [2.24, 2.45) is 0 Å². The summed E-state index contributed by atoms with van der Waals surface area (Å²) in [4.78, 5) is 14.7. The van der Waals surface area contributed by atoms with Gasteiger partial charge in [-0.3, -0.25) is 4.79 Å². The van der Waals surface area contributed by atoms with Crippen LogP contribution in [-0.2, 0) is 0 Å². The standard InChI is InChI=1S/C18H24N4O/c1-13-17(18(23)21(2)15-6-4-3-5-7-15)12-20-22(13)16-10-8-14(19)9-11-16/h8-12,15H,3-7,19H2,1-2H3. The molecule has 2 N–H and O–H groups in total. The minimum Gasteiger partial charge on any atom is -0.399 e. The van der Waals surface area contributed by atoms with Crippen molar-refractivity contribution in [2.75, 3.05) is 12.8 Å². The summed E-state index contributed by atoms with van der Waals surface area (Å²) >= 11 is 0. The fraction of sp³-hybridized carbons (Fsp3) is 0.444.